The van der Waals surface area contributed by atoms with Gasteiger partial charge in [-0.25, -0.2) is 10.3 Å². The van der Waals surface area contributed by atoms with Gasteiger partial charge >= 0.3 is 5.97 Å². The molecular formula is C16H21N3O6. The fourth-order valence-corrected chi connectivity index (χ4v) is 2.16. The lowest BCUT2D eigenvalue weighted by Crippen LogP contribution is -2.48. The van der Waals surface area contributed by atoms with Crippen molar-refractivity contribution in [2.45, 2.75) is 25.3 Å². The molecule has 1 aromatic carbocycles. The molecule has 1 aromatic rings. The molecule has 9 heteroatoms. The molecule has 0 fully saturated rings. The summed E-state index contributed by atoms with van der Waals surface area (Å²) in [5.74, 6) is -4.79. The number of amides is 3. The van der Waals surface area contributed by atoms with Gasteiger partial charge in [-0.05, 0) is 18.4 Å². The molecule has 0 radical (unpaired) electrons. The van der Waals surface area contributed by atoms with Crippen molar-refractivity contribution in [3.05, 3.63) is 35.9 Å². The largest absolute Gasteiger partial charge is 0.480 e. The van der Waals surface area contributed by atoms with Gasteiger partial charge in [0.25, 0.3) is 5.91 Å². The van der Waals surface area contributed by atoms with Gasteiger partial charge in [-0.15, -0.1) is 0 Å². The molecule has 0 saturated carbocycles. The van der Waals surface area contributed by atoms with Crippen LogP contribution in [0.1, 0.15) is 18.4 Å². The molecule has 0 bridgehead atoms. The van der Waals surface area contributed by atoms with E-state index in [4.69, 9.17) is 5.21 Å². The fourth-order valence-electron chi connectivity index (χ4n) is 2.16. The summed E-state index contributed by atoms with van der Waals surface area (Å²) < 4.78 is 0. The minimum Gasteiger partial charge on any atom is -0.480 e. The van der Waals surface area contributed by atoms with Crippen LogP contribution in [0.25, 0.3) is 0 Å². The van der Waals surface area contributed by atoms with Crippen LogP contribution in [0.4, 0.5) is 0 Å². The molecule has 0 aliphatic carbocycles. The average Bonchev–Trinajstić information content (AvgIpc) is 2.62. The van der Waals surface area contributed by atoms with Gasteiger partial charge in [0.05, 0.1) is 0 Å². The van der Waals surface area contributed by atoms with Crippen LogP contribution in [0.5, 0.6) is 0 Å². The molecule has 0 saturated heterocycles. The molecule has 0 spiro atoms. The smallest absolute Gasteiger partial charge is 0.326 e. The number of hydrogen-bond acceptors (Lipinski definition) is 5. The zero-order chi connectivity index (χ0) is 18.8. The van der Waals surface area contributed by atoms with Crippen molar-refractivity contribution < 1.29 is 29.5 Å². The SMILES string of the molecule is CNC(=O)CCC(NC(=O)C(Cc1ccccc1)C(=O)NO)C(=O)O. The Bertz CT molecular complexity index is 620. The van der Waals surface area contributed by atoms with Crippen LogP contribution in [0.2, 0.25) is 0 Å². The predicted octanol–water partition coefficient (Wildman–Crippen LogP) is -0.554. The molecule has 9 nitrogen and oxygen atoms in total. The highest BCUT2D eigenvalue weighted by Gasteiger charge is 2.30. The third-order valence-electron chi connectivity index (χ3n) is 3.58. The van der Waals surface area contributed by atoms with E-state index in [1.807, 2.05) is 0 Å². The zero-order valence-electron chi connectivity index (χ0n) is 13.7. The lowest BCUT2D eigenvalue weighted by molar-refractivity contribution is -0.146. The lowest BCUT2D eigenvalue weighted by atomic mass is 9.97. The number of aliphatic carboxylic acids is 1. The Balaban J connectivity index is 2.82. The summed E-state index contributed by atoms with van der Waals surface area (Å²) in [6.45, 7) is 0. The first-order valence-electron chi connectivity index (χ1n) is 7.60. The van der Waals surface area contributed by atoms with Gasteiger partial charge in [0.15, 0.2) is 0 Å². The molecule has 0 aromatic heterocycles. The molecule has 5 N–H and O–H groups in total. The molecular weight excluding hydrogens is 330 g/mol. The second-order valence-corrected chi connectivity index (χ2v) is 5.33. The second kappa shape index (κ2) is 10.0. The summed E-state index contributed by atoms with van der Waals surface area (Å²) >= 11 is 0. The van der Waals surface area contributed by atoms with Gasteiger partial charge in [-0.2, -0.15) is 0 Å². The van der Waals surface area contributed by atoms with Crippen molar-refractivity contribution in [1.82, 2.24) is 16.1 Å². The maximum atomic E-state index is 12.3. The van der Waals surface area contributed by atoms with Crippen molar-refractivity contribution in [1.29, 1.82) is 0 Å². The maximum Gasteiger partial charge on any atom is 0.326 e. The third-order valence-corrected chi connectivity index (χ3v) is 3.58. The van der Waals surface area contributed by atoms with E-state index < -0.39 is 29.7 Å². The number of hydrogen-bond donors (Lipinski definition) is 5. The summed E-state index contributed by atoms with van der Waals surface area (Å²) in [7, 11) is 1.41. The molecule has 0 aliphatic heterocycles. The quantitative estimate of drug-likeness (QED) is 0.229. The highest BCUT2D eigenvalue weighted by molar-refractivity contribution is 6.01. The Labute approximate surface area is 144 Å². The van der Waals surface area contributed by atoms with Gasteiger partial charge in [0.2, 0.25) is 11.8 Å². The molecule has 0 heterocycles. The Morgan fingerprint density at radius 3 is 2.24 bits per heavy atom. The van der Waals surface area contributed by atoms with E-state index in [1.165, 1.54) is 12.5 Å². The van der Waals surface area contributed by atoms with E-state index in [2.05, 4.69) is 10.6 Å². The minimum atomic E-state index is -1.32. The Kier molecular flexibility index (Phi) is 8.07. The fraction of sp³-hybridized carbons (Fsp3) is 0.375. The Hall–Kier alpha value is -2.94. The van der Waals surface area contributed by atoms with Crippen LogP contribution in [0, 0.1) is 5.92 Å². The molecule has 2 atom stereocenters. The summed E-state index contributed by atoms with van der Waals surface area (Å²) in [5, 5.41) is 22.6. The number of carbonyl (C=O) groups is 4. The van der Waals surface area contributed by atoms with Crippen molar-refractivity contribution in [2.24, 2.45) is 5.92 Å². The van der Waals surface area contributed by atoms with E-state index >= 15 is 0 Å². The van der Waals surface area contributed by atoms with E-state index in [9.17, 15) is 24.3 Å². The number of nitrogens with one attached hydrogen (secondary N) is 3. The summed E-state index contributed by atoms with van der Waals surface area (Å²) in [6.07, 6.45) is -0.232. The first kappa shape index (κ1) is 20.1. The van der Waals surface area contributed by atoms with E-state index in [0.29, 0.717) is 5.56 Å². The van der Waals surface area contributed by atoms with Crippen LogP contribution < -0.4 is 16.1 Å². The molecule has 3 amide bonds. The monoisotopic (exact) mass is 351 g/mol. The van der Waals surface area contributed by atoms with E-state index in [0.717, 1.165) is 0 Å². The summed E-state index contributed by atoms with van der Waals surface area (Å²) in [4.78, 5) is 46.6. The van der Waals surface area contributed by atoms with E-state index in [-0.39, 0.29) is 25.2 Å². The summed E-state index contributed by atoms with van der Waals surface area (Å²) in [6, 6.07) is 7.30. The van der Waals surface area contributed by atoms with Crippen molar-refractivity contribution in [2.75, 3.05) is 7.05 Å². The molecule has 25 heavy (non-hydrogen) atoms. The van der Waals surface area contributed by atoms with Gasteiger partial charge in [-0.3, -0.25) is 19.6 Å². The van der Waals surface area contributed by atoms with Crippen molar-refractivity contribution in [3.8, 4) is 0 Å². The van der Waals surface area contributed by atoms with Crippen LogP contribution in [-0.2, 0) is 25.6 Å². The molecule has 136 valence electrons. The normalized spacial score (nSPS) is 12.6. The Morgan fingerprint density at radius 2 is 1.72 bits per heavy atom. The number of carbonyl (C=O) groups excluding carboxylic acids is 3. The number of rotatable bonds is 9. The zero-order valence-corrected chi connectivity index (χ0v) is 13.7. The standard InChI is InChI=1S/C16H21N3O6/c1-17-13(20)8-7-12(16(23)24)18-14(21)11(15(22)19-25)9-10-5-3-2-4-6-10/h2-6,11-12,25H,7-9H2,1H3,(H,17,20)(H,18,21)(H,19,22)(H,23,24). The lowest BCUT2D eigenvalue weighted by Gasteiger charge is -2.19. The van der Waals surface area contributed by atoms with Gasteiger partial charge in [0.1, 0.15) is 12.0 Å². The second-order valence-electron chi connectivity index (χ2n) is 5.33. The van der Waals surface area contributed by atoms with Crippen LogP contribution in [0.15, 0.2) is 30.3 Å². The Morgan fingerprint density at radius 1 is 1.08 bits per heavy atom. The van der Waals surface area contributed by atoms with E-state index in [1.54, 1.807) is 30.3 Å². The first-order valence-corrected chi connectivity index (χ1v) is 7.60. The predicted molar refractivity (Wildman–Crippen MR) is 86.4 cm³/mol. The minimum absolute atomic E-state index is 0.0130. The number of hydroxylamine groups is 1. The van der Waals surface area contributed by atoms with Crippen LogP contribution >= 0.6 is 0 Å². The molecule has 1 rings (SSSR count). The third kappa shape index (κ3) is 6.60. The van der Waals surface area contributed by atoms with Crippen LogP contribution in [-0.4, -0.2) is 47.1 Å². The van der Waals surface area contributed by atoms with Gasteiger partial charge < -0.3 is 15.7 Å². The highest BCUT2D eigenvalue weighted by atomic mass is 16.5. The number of carboxylic acid groups (broad SMARTS) is 1. The van der Waals surface area contributed by atoms with Gasteiger partial charge in [0, 0.05) is 13.5 Å². The number of carboxylic acids is 1. The topological polar surface area (TPSA) is 145 Å². The van der Waals surface area contributed by atoms with Crippen LogP contribution in [0.3, 0.4) is 0 Å². The first-order chi connectivity index (χ1) is 11.9. The average molecular weight is 351 g/mol. The molecule has 0 aliphatic rings. The number of benzene rings is 1. The van der Waals surface area contributed by atoms with Crippen molar-refractivity contribution >= 4 is 23.7 Å². The highest BCUT2D eigenvalue weighted by Crippen LogP contribution is 2.11. The van der Waals surface area contributed by atoms with Crippen molar-refractivity contribution in [3.63, 3.8) is 0 Å². The maximum absolute atomic E-state index is 12.3. The van der Waals surface area contributed by atoms with Gasteiger partial charge in [-0.1, -0.05) is 30.3 Å². The molecule has 2 unspecified atom stereocenters. The summed E-state index contributed by atoms with van der Waals surface area (Å²) in [5.41, 5.74) is 2.09.